The van der Waals surface area contributed by atoms with E-state index in [9.17, 15) is 9.59 Å². The Morgan fingerprint density at radius 2 is 2.00 bits per heavy atom. The van der Waals surface area contributed by atoms with Crippen LogP contribution < -0.4 is 10.1 Å². The number of carbonyl (C=O) groups excluding carboxylic acids is 2. The zero-order valence-corrected chi connectivity index (χ0v) is 14.8. The van der Waals surface area contributed by atoms with Crippen LogP contribution in [0.25, 0.3) is 6.08 Å². The number of hydrogen-bond acceptors (Lipinski definition) is 5. The van der Waals surface area contributed by atoms with Crippen molar-refractivity contribution in [3.8, 4) is 5.75 Å². The topological polar surface area (TPSA) is 77.5 Å². The molecule has 0 atom stereocenters. The summed E-state index contributed by atoms with van der Waals surface area (Å²) in [7, 11) is 0. The summed E-state index contributed by atoms with van der Waals surface area (Å²) >= 11 is 0. The molecule has 1 N–H and O–H groups in total. The molecule has 26 heavy (non-hydrogen) atoms. The number of hydrogen-bond donors (Lipinski definition) is 1. The second kappa shape index (κ2) is 9.98. The van der Waals surface area contributed by atoms with Gasteiger partial charge in [0.25, 0.3) is 0 Å². The van der Waals surface area contributed by atoms with E-state index in [0.29, 0.717) is 17.9 Å². The molecule has 0 saturated carbocycles. The van der Waals surface area contributed by atoms with E-state index in [-0.39, 0.29) is 18.6 Å². The van der Waals surface area contributed by atoms with Gasteiger partial charge in [-0.2, -0.15) is 0 Å². The highest BCUT2D eigenvalue weighted by Gasteiger charge is 2.08. The quantitative estimate of drug-likeness (QED) is 0.583. The molecule has 0 aliphatic carbocycles. The SMILES string of the molecule is CC(C)OC(=O)COc1ccccc1/C=C/C(=O)NCc1cccnc1. The summed E-state index contributed by atoms with van der Waals surface area (Å²) in [4.78, 5) is 27.5. The molecular weight excluding hydrogens is 332 g/mol. The number of esters is 1. The van der Waals surface area contributed by atoms with Crippen LogP contribution in [-0.2, 0) is 20.9 Å². The van der Waals surface area contributed by atoms with E-state index in [0.717, 1.165) is 5.56 Å². The second-order valence-corrected chi connectivity index (χ2v) is 5.78. The average molecular weight is 354 g/mol. The maximum atomic E-state index is 12.0. The van der Waals surface area contributed by atoms with Gasteiger partial charge >= 0.3 is 5.97 Å². The van der Waals surface area contributed by atoms with Crippen LogP contribution in [0.15, 0.2) is 54.9 Å². The smallest absolute Gasteiger partial charge is 0.344 e. The Hall–Kier alpha value is -3.15. The molecular formula is C20H22N2O4. The molecule has 6 nitrogen and oxygen atoms in total. The number of carbonyl (C=O) groups is 2. The van der Waals surface area contributed by atoms with E-state index in [4.69, 9.17) is 9.47 Å². The van der Waals surface area contributed by atoms with Gasteiger partial charge in [-0.1, -0.05) is 24.3 Å². The minimum atomic E-state index is -0.437. The Balaban J connectivity index is 1.90. The molecule has 0 bridgehead atoms. The van der Waals surface area contributed by atoms with Crippen molar-refractivity contribution < 1.29 is 19.1 Å². The standard InChI is InChI=1S/C20H22N2O4/c1-15(2)26-20(24)14-25-18-8-4-3-7-17(18)9-10-19(23)22-13-16-6-5-11-21-12-16/h3-12,15H,13-14H2,1-2H3,(H,22,23)/b10-9+. The summed E-state index contributed by atoms with van der Waals surface area (Å²) < 4.78 is 10.5. The molecule has 0 unspecified atom stereocenters. The molecule has 0 aliphatic rings. The van der Waals surface area contributed by atoms with E-state index >= 15 is 0 Å². The first-order valence-corrected chi connectivity index (χ1v) is 8.30. The van der Waals surface area contributed by atoms with Crippen molar-refractivity contribution in [1.29, 1.82) is 0 Å². The van der Waals surface area contributed by atoms with Gasteiger partial charge in [0.1, 0.15) is 5.75 Å². The fraction of sp³-hybridized carbons (Fsp3) is 0.250. The van der Waals surface area contributed by atoms with Gasteiger partial charge in [0.15, 0.2) is 6.61 Å². The number of para-hydroxylation sites is 1. The molecule has 136 valence electrons. The van der Waals surface area contributed by atoms with Crippen molar-refractivity contribution in [3.63, 3.8) is 0 Å². The lowest BCUT2D eigenvalue weighted by Crippen LogP contribution is -2.20. The van der Waals surface area contributed by atoms with Gasteiger partial charge in [0, 0.05) is 30.6 Å². The largest absolute Gasteiger partial charge is 0.481 e. The predicted octanol–water partition coefficient (Wildman–Crippen LogP) is 2.74. The number of aromatic nitrogens is 1. The van der Waals surface area contributed by atoms with Gasteiger partial charge < -0.3 is 14.8 Å². The van der Waals surface area contributed by atoms with Crippen LogP contribution in [0, 0.1) is 0 Å². The van der Waals surface area contributed by atoms with E-state index in [1.165, 1.54) is 6.08 Å². The lowest BCUT2D eigenvalue weighted by molar-refractivity contribution is -0.149. The maximum Gasteiger partial charge on any atom is 0.344 e. The van der Waals surface area contributed by atoms with Crippen LogP contribution >= 0.6 is 0 Å². The molecule has 2 aromatic rings. The summed E-state index contributed by atoms with van der Waals surface area (Å²) in [5.74, 6) is -0.166. The Morgan fingerprint density at radius 1 is 1.19 bits per heavy atom. The number of ether oxygens (including phenoxy) is 2. The van der Waals surface area contributed by atoms with Crippen molar-refractivity contribution in [1.82, 2.24) is 10.3 Å². The lowest BCUT2D eigenvalue weighted by Gasteiger charge is -2.11. The molecule has 0 radical (unpaired) electrons. The first-order chi connectivity index (χ1) is 12.5. The minimum absolute atomic E-state index is 0.184. The van der Waals surface area contributed by atoms with E-state index in [1.54, 1.807) is 50.5 Å². The van der Waals surface area contributed by atoms with Gasteiger partial charge in [0.2, 0.25) is 5.91 Å². The summed E-state index contributed by atoms with van der Waals surface area (Å²) in [6, 6.07) is 10.9. The highest BCUT2D eigenvalue weighted by atomic mass is 16.6. The average Bonchev–Trinajstić information content (AvgIpc) is 2.64. The molecule has 1 aromatic heterocycles. The molecule has 6 heteroatoms. The normalized spacial score (nSPS) is 10.7. The van der Waals surface area contributed by atoms with Gasteiger partial charge in [-0.15, -0.1) is 0 Å². The molecule has 0 spiro atoms. The second-order valence-electron chi connectivity index (χ2n) is 5.78. The number of amides is 1. The summed E-state index contributed by atoms with van der Waals surface area (Å²) in [6.45, 7) is 3.77. The minimum Gasteiger partial charge on any atom is -0.481 e. The Morgan fingerprint density at radius 3 is 2.73 bits per heavy atom. The van der Waals surface area contributed by atoms with Crippen molar-refractivity contribution in [3.05, 3.63) is 66.0 Å². The van der Waals surface area contributed by atoms with Crippen LogP contribution in [0.2, 0.25) is 0 Å². The number of nitrogens with zero attached hydrogens (tertiary/aromatic N) is 1. The molecule has 0 aliphatic heterocycles. The Bertz CT molecular complexity index is 757. The fourth-order valence-electron chi connectivity index (χ4n) is 2.10. The molecule has 2 rings (SSSR count). The number of pyridine rings is 1. The summed E-state index contributed by atoms with van der Waals surface area (Å²) in [5, 5.41) is 2.78. The summed E-state index contributed by atoms with van der Waals surface area (Å²) in [6.07, 6.45) is 6.25. The van der Waals surface area contributed by atoms with Gasteiger partial charge in [-0.25, -0.2) is 4.79 Å². The third-order valence-corrected chi connectivity index (χ3v) is 3.24. The van der Waals surface area contributed by atoms with Crippen LogP contribution in [0.4, 0.5) is 0 Å². The highest BCUT2D eigenvalue weighted by Crippen LogP contribution is 2.19. The van der Waals surface area contributed by atoms with E-state index in [1.807, 2.05) is 18.2 Å². The van der Waals surface area contributed by atoms with Crippen molar-refractivity contribution in [2.45, 2.75) is 26.5 Å². The van der Waals surface area contributed by atoms with Gasteiger partial charge in [-0.3, -0.25) is 9.78 Å². The Kier molecular flexibility index (Phi) is 7.36. The predicted molar refractivity (Wildman–Crippen MR) is 98.3 cm³/mol. The van der Waals surface area contributed by atoms with Crippen LogP contribution in [0.1, 0.15) is 25.0 Å². The zero-order valence-electron chi connectivity index (χ0n) is 14.8. The molecule has 1 amide bonds. The zero-order chi connectivity index (χ0) is 18.8. The van der Waals surface area contributed by atoms with Crippen LogP contribution in [0.5, 0.6) is 5.75 Å². The molecule has 0 saturated heterocycles. The first kappa shape index (κ1) is 19.2. The maximum absolute atomic E-state index is 12.0. The number of rotatable bonds is 8. The fourth-order valence-corrected chi connectivity index (χ4v) is 2.10. The van der Waals surface area contributed by atoms with Crippen molar-refractivity contribution in [2.24, 2.45) is 0 Å². The van der Waals surface area contributed by atoms with E-state index < -0.39 is 5.97 Å². The molecule has 0 fully saturated rings. The highest BCUT2D eigenvalue weighted by molar-refractivity contribution is 5.92. The lowest BCUT2D eigenvalue weighted by atomic mass is 10.2. The molecule has 1 heterocycles. The third-order valence-electron chi connectivity index (χ3n) is 3.24. The van der Waals surface area contributed by atoms with Gasteiger partial charge in [0.05, 0.1) is 6.10 Å². The third kappa shape index (κ3) is 6.76. The molecule has 1 aromatic carbocycles. The van der Waals surface area contributed by atoms with Crippen molar-refractivity contribution >= 4 is 18.0 Å². The monoisotopic (exact) mass is 354 g/mol. The van der Waals surface area contributed by atoms with Crippen LogP contribution in [-0.4, -0.2) is 29.6 Å². The van der Waals surface area contributed by atoms with Crippen molar-refractivity contribution in [2.75, 3.05) is 6.61 Å². The van der Waals surface area contributed by atoms with Gasteiger partial charge in [-0.05, 0) is 37.6 Å². The summed E-state index contributed by atoms with van der Waals surface area (Å²) in [5.41, 5.74) is 1.61. The Labute approximate surface area is 152 Å². The number of nitrogens with one attached hydrogen (secondary N) is 1. The number of benzene rings is 1. The first-order valence-electron chi connectivity index (χ1n) is 8.30. The van der Waals surface area contributed by atoms with E-state index in [2.05, 4.69) is 10.3 Å². The van der Waals surface area contributed by atoms with Crippen LogP contribution in [0.3, 0.4) is 0 Å².